The molecule has 0 unspecified atom stereocenters. The van der Waals surface area contributed by atoms with E-state index < -0.39 is 10.0 Å². The first kappa shape index (κ1) is 16.1. The summed E-state index contributed by atoms with van der Waals surface area (Å²) in [5.74, 6) is 0.474. The highest BCUT2D eigenvalue weighted by Gasteiger charge is 2.03. The number of sulfonamides is 1. The van der Waals surface area contributed by atoms with Gasteiger partial charge in [0.2, 0.25) is 10.0 Å². The van der Waals surface area contributed by atoms with E-state index in [-0.39, 0.29) is 12.3 Å². The Morgan fingerprint density at radius 3 is 2.65 bits per heavy atom. The van der Waals surface area contributed by atoms with Gasteiger partial charge in [-0.2, -0.15) is 0 Å². The van der Waals surface area contributed by atoms with Crippen molar-refractivity contribution < 1.29 is 13.2 Å². The van der Waals surface area contributed by atoms with Crippen LogP contribution in [-0.4, -0.2) is 53.5 Å². The molecule has 0 bridgehead atoms. The molecule has 0 amide bonds. The van der Waals surface area contributed by atoms with Crippen LogP contribution in [0, 0.1) is 0 Å². The SMILES string of the molecule is CCNC(=NCCCOC)NCCS(N)(=O)=O. The van der Waals surface area contributed by atoms with Gasteiger partial charge in [0.1, 0.15) is 0 Å². The standard InChI is InChI=1S/C9H22N4O3S/c1-3-11-9(12-5-4-7-16-2)13-6-8-17(10,14)15/h3-8H2,1-2H3,(H2,10,14,15)(H2,11,12,13). The molecule has 0 aromatic rings. The number of hydrogen-bond acceptors (Lipinski definition) is 4. The maximum absolute atomic E-state index is 10.7. The van der Waals surface area contributed by atoms with Gasteiger partial charge in [-0.05, 0) is 13.3 Å². The Labute approximate surface area is 103 Å². The van der Waals surface area contributed by atoms with Gasteiger partial charge in [0.25, 0.3) is 0 Å². The van der Waals surface area contributed by atoms with Crippen molar-refractivity contribution in [3.8, 4) is 0 Å². The quantitative estimate of drug-likeness (QED) is 0.293. The van der Waals surface area contributed by atoms with Gasteiger partial charge in [0.05, 0.1) is 5.75 Å². The number of hydrogen-bond donors (Lipinski definition) is 3. The van der Waals surface area contributed by atoms with E-state index in [1.54, 1.807) is 7.11 Å². The van der Waals surface area contributed by atoms with Crippen LogP contribution < -0.4 is 15.8 Å². The van der Waals surface area contributed by atoms with Crippen LogP contribution in [0.1, 0.15) is 13.3 Å². The molecule has 102 valence electrons. The fraction of sp³-hybridized carbons (Fsp3) is 0.889. The van der Waals surface area contributed by atoms with Gasteiger partial charge >= 0.3 is 0 Å². The van der Waals surface area contributed by atoms with E-state index in [4.69, 9.17) is 9.88 Å². The van der Waals surface area contributed by atoms with Crippen LogP contribution in [0.2, 0.25) is 0 Å². The van der Waals surface area contributed by atoms with E-state index in [1.807, 2.05) is 6.92 Å². The van der Waals surface area contributed by atoms with E-state index in [1.165, 1.54) is 0 Å². The van der Waals surface area contributed by atoms with Crippen LogP contribution in [0.4, 0.5) is 0 Å². The highest BCUT2D eigenvalue weighted by Crippen LogP contribution is 1.83. The molecule has 0 radical (unpaired) electrons. The van der Waals surface area contributed by atoms with Crippen LogP contribution in [0.5, 0.6) is 0 Å². The Balaban J connectivity index is 3.96. The second kappa shape index (κ2) is 9.20. The van der Waals surface area contributed by atoms with Gasteiger partial charge in [0.15, 0.2) is 5.96 Å². The molecule has 0 saturated heterocycles. The lowest BCUT2D eigenvalue weighted by Crippen LogP contribution is -2.40. The minimum absolute atomic E-state index is 0.116. The average molecular weight is 266 g/mol. The van der Waals surface area contributed by atoms with Crippen molar-refractivity contribution in [3.63, 3.8) is 0 Å². The largest absolute Gasteiger partial charge is 0.385 e. The monoisotopic (exact) mass is 266 g/mol. The molecule has 17 heavy (non-hydrogen) atoms. The second-order valence-corrected chi connectivity index (χ2v) is 5.13. The number of nitrogens with one attached hydrogen (secondary N) is 2. The normalized spacial score (nSPS) is 12.5. The van der Waals surface area contributed by atoms with Crippen molar-refractivity contribution in [2.45, 2.75) is 13.3 Å². The first-order chi connectivity index (χ1) is 7.99. The predicted molar refractivity (Wildman–Crippen MR) is 68.4 cm³/mol. The molecule has 0 rings (SSSR count). The summed E-state index contributed by atoms with van der Waals surface area (Å²) in [6.07, 6.45) is 0.822. The van der Waals surface area contributed by atoms with Crippen molar-refractivity contribution in [1.29, 1.82) is 0 Å². The minimum Gasteiger partial charge on any atom is -0.385 e. The zero-order chi connectivity index (χ0) is 13.1. The summed E-state index contributed by atoms with van der Waals surface area (Å²) >= 11 is 0. The Bertz CT molecular complexity index is 316. The zero-order valence-electron chi connectivity index (χ0n) is 10.4. The summed E-state index contributed by atoms with van der Waals surface area (Å²) in [6, 6.07) is 0. The Morgan fingerprint density at radius 1 is 1.41 bits per heavy atom. The Kier molecular flexibility index (Phi) is 8.73. The Morgan fingerprint density at radius 2 is 2.12 bits per heavy atom. The zero-order valence-corrected chi connectivity index (χ0v) is 11.2. The fourth-order valence-corrected chi connectivity index (χ4v) is 1.44. The molecule has 0 aliphatic rings. The third-order valence-electron chi connectivity index (χ3n) is 1.80. The maximum Gasteiger partial charge on any atom is 0.210 e. The molecule has 4 N–H and O–H groups in total. The van der Waals surface area contributed by atoms with Crippen LogP contribution in [-0.2, 0) is 14.8 Å². The minimum atomic E-state index is -3.43. The number of aliphatic imine (C=N–C) groups is 1. The molecule has 0 spiro atoms. The number of rotatable bonds is 8. The van der Waals surface area contributed by atoms with Gasteiger partial charge in [-0.1, -0.05) is 0 Å². The fourth-order valence-electron chi connectivity index (χ4n) is 1.05. The summed E-state index contributed by atoms with van der Waals surface area (Å²) in [6.45, 7) is 4.17. The average Bonchev–Trinajstić information content (AvgIpc) is 2.22. The molecule has 0 saturated carbocycles. The number of ether oxygens (including phenoxy) is 1. The first-order valence-corrected chi connectivity index (χ1v) is 7.22. The molecule has 0 heterocycles. The molecular formula is C9H22N4O3S. The molecule has 8 heteroatoms. The number of primary sulfonamides is 1. The van der Waals surface area contributed by atoms with Crippen LogP contribution in [0.25, 0.3) is 0 Å². The first-order valence-electron chi connectivity index (χ1n) is 5.51. The molecular weight excluding hydrogens is 244 g/mol. The Hall–Kier alpha value is -0.860. The van der Waals surface area contributed by atoms with Crippen molar-refractivity contribution >= 4 is 16.0 Å². The van der Waals surface area contributed by atoms with E-state index in [0.29, 0.717) is 25.7 Å². The van der Waals surface area contributed by atoms with E-state index in [0.717, 1.165) is 6.42 Å². The van der Waals surface area contributed by atoms with Crippen LogP contribution in [0.3, 0.4) is 0 Å². The maximum atomic E-state index is 10.7. The topological polar surface area (TPSA) is 106 Å². The summed E-state index contributed by atoms with van der Waals surface area (Å²) in [4.78, 5) is 4.25. The molecule has 0 atom stereocenters. The van der Waals surface area contributed by atoms with Crippen LogP contribution >= 0.6 is 0 Å². The highest BCUT2D eigenvalue weighted by molar-refractivity contribution is 7.89. The lowest BCUT2D eigenvalue weighted by atomic mass is 10.5. The molecule has 0 aliphatic heterocycles. The smallest absolute Gasteiger partial charge is 0.210 e. The number of nitrogens with zero attached hydrogens (tertiary/aromatic N) is 1. The second-order valence-electron chi connectivity index (χ2n) is 3.40. The predicted octanol–water partition coefficient (Wildman–Crippen LogP) is -1.13. The van der Waals surface area contributed by atoms with Crippen molar-refractivity contribution in [1.82, 2.24) is 10.6 Å². The molecule has 0 aromatic heterocycles. The number of guanidine groups is 1. The van der Waals surface area contributed by atoms with Crippen molar-refractivity contribution in [2.24, 2.45) is 10.1 Å². The van der Waals surface area contributed by atoms with Gasteiger partial charge < -0.3 is 15.4 Å². The molecule has 0 fully saturated rings. The van der Waals surface area contributed by atoms with E-state index >= 15 is 0 Å². The van der Waals surface area contributed by atoms with Crippen molar-refractivity contribution in [3.05, 3.63) is 0 Å². The lowest BCUT2D eigenvalue weighted by Gasteiger charge is -2.10. The number of nitrogens with two attached hydrogens (primary N) is 1. The summed E-state index contributed by atoms with van der Waals surface area (Å²) in [5.41, 5.74) is 0. The molecule has 0 aromatic carbocycles. The highest BCUT2D eigenvalue weighted by atomic mass is 32.2. The van der Waals surface area contributed by atoms with Gasteiger partial charge in [0, 0.05) is 33.4 Å². The van der Waals surface area contributed by atoms with E-state index in [2.05, 4.69) is 15.6 Å². The molecule has 0 aliphatic carbocycles. The lowest BCUT2D eigenvalue weighted by molar-refractivity contribution is 0.197. The van der Waals surface area contributed by atoms with Gasteiger partial charge in [-0.15, -0.1) is 0 Å². The van der Waals surface area contributed by atoms with Gasteiger partial charge in [-0.25, -0.2) is 13.6 Å². The third-order valence-corrected chi connectivity index (χ3v) is 2.57. The van der Waals surface area contributed by atoms with Crippen LogP contribution in [0.15, 0.2) is 4.99 Å². The summed E-state index contributed by atoms with van der Waals surface area (Å²) in [5, 5.41) is 10.8. The summed E-state index contributed by atoms with van der Waals surface area (Å²) in [7, 11) is -1.79. The van der Waals surface area contributed by atoms with E-state index in [9.17, 15) is 8.42 Å². The molecule has 7 nitrogen and oxygen atoms in total. The third kappa shape index (κ3) is 11.4. The number of methoxy groups -OCH3 is 1. The van der Waals surface area contributed by atoms with Crippen molar-refractivity contribution in [2.75, 3.05) is 39.1 Å². The summed E-state index contributed by atoms with van der Waals surface area (Å²) < 4.78 is 26.4. The van der Waals surface area contributed by atoms with Gasteiger partial charge in [-0.3, -0.25) is 4.99 Å².